The molecule has 10 heteroatoms. The molecule has 2 heterocycles. The van der Waals surface area contributed by atoms with Gasteiger partial charge in [0.2, 0.25) is 0 Å². The highest BCUT2D eigenvalue weighted by molar-refractivity contribution is 7.90. The molecule has 0 bridgehead atoms. The van der Waals surface area contributed by atoms with Gasteiger partial charge in [0.15, 0.2) is 17.3 Å². The minimum atomic E-state index is -3.34. The number of H-pyrrole nitrogens is 1. The number of aromatic nitrogens is 3. The van der Waals surface area contributed by atoms with Crippen molar-refractivity contribution in [2.24, 2.45) is 0 Å². The van der Waals surface area contributed by atoms with Crippen LogP contribution in [0, 0.1) is 0 Å². The molecule has 0 aliphatic heterocycles. The summed E-state index contributed by atoms with van der Waals surface area (Å²) in [7, 11) is -1.85. The van der Waals surface area contributed by atoms with Crippen LogP contribution in [-0.2, 0) is 16.9 Å². The highest BCUT2D eigenvalue weighted by atomic mass is 32.2. The Morgan fingerprint density at radius 3 is 2.96 bits per heavy atom. The lowest BCUT2D eigenvalue weighted by atomic mass is 10.3. The number of hydrogen-bond acceptors (Lipinski definition) is 6. The summed E-state index contributed by atoms with van der Waals surface area (Å²) in [6.07, 6.45) is -0.675. The number of nitrogens with zero attached hydrogens (tertiary/aromatic N) is 2. The maximum absolute atomic E-state index is 13.0. The van der Waals surface area contributed by atoms with Crippen molar-refractivity contribution in [3.8, 4) is 17.2 Å². The second-order valence-corrected chi connectivity index (χ2v) is 5.96. The first-order valence-electron chi connectivity index (χ1n) is 10.8. The Balaban J connectivity index is 2.05. The van der Waals surface area contributed by atoms with Gasteiger partial charge in [0, 0.05) is 29.4 Å². The normalized spacial score (nSPS) is 17.3. The summed E-state index contributed by atoms with van der Waals surface area (Å²) >= 11 is -2.13. The molecule has 7 nitrogen and oxygen atoms in total. The third-order valence-corrected chi connectivity index (χ3v) is 4.20. The van der Waals surface area contributed by atoms with E-state index in [9.17, 15) is 13.3 Å². The van der Waals surface area contributed by atoms with Gasteiger partial charge >= 0.3 is 11.8 Å². The number of imidazole rings is 1. The number of alkyl halides is 2. The van der Waals surface area contributed by atoms with E-state index in [2.05, 4.69) is 19.7 Å². The number of nitrogens with one attached hydrogen (secondary N) is 1. The fourth-order valence-corrected chi connectivity index (χ4v) is 3.00. The van der Waals surface area contributed by atoms with Gasteiger partial charge in [-0.05, 0) is 12.1 Å². The molecule has 0 saturated heterocycles. The van der Waals surface area contributed by atoms with Crippen LogP contribution in [0.5, 0.6) is 17.2 Å². The van der Waals surface area contributed by atoms with Gasteiger partial charge in [-0.2, -0.15) is 13.8 Å². The monoisotopic (exact) mass is 391 g/mol. The van der Waals surface area contributed by atoms with Crippen molar-refractivity contribution in [3.63, 3.8) is 0 Å². The summed E-state index contributed by atoms with van der Waals surface area (Å²) in [6, 6.07) is -2.81. The van der Waals surface area contributed by atoms with Gasteiger partial charge < -0.3 is 18.8 Å². The largest absolute Gasteiger partial charge is 0.609 e. The summed E-state index contributed by atoms with van der Waals surface area (Å²) in [5.41, 5.74) is -0.760. The maximum atomic E-state index is 13.0. The molecule has 2 aromatic heterocycles. The van der Waals surface area contributed by atoms with E-state index in [0.29, 0.717) is 0 Å². The average molecular weight is 391 g/mol. The van der Waals surface area contributed by atoms with Gasteiger partial charge in [-0.1, -0.05) is 0 Å². The second-order valence-electron chi connectivity index (χ2n) is 4.60. The fourth-order valence-electron chi connectivity index (χ4n) is 2.01. The zero-order valence-electron chi connectivity index (χ0n) is 21.0. The van der Waals surface area contributed by atoms with Crippen LogP contribution < -0.4 is 14.2 Å². The first-order chi connectivity index (χ1) is 15.7. The van der Waals surface area contributed by atoms with Crippen LogP contribution in [0.1, 0.15) is 16.7 Å². The molecule has 0 saturated carbocycles. The number of fused-ring (bicyclic) bond motifs is 1. The van der Waals surface area contributed by atoms with E-state index in [1.807, 2.05) is 0 Å². The Morgan fingerprint density at radius 1 is 1.38 bits per heavy atom. The van der Waals surface area contributed by atoms with E-state index < -0.39 is 72.4 Å². The van der Waals surface area contributed by atoms with Crippen LogP contribution >= 0.6 is 0 Å². The van der Waals surface area contributed by atoms with Crippen LogP contribution in [0.25, 0.3) is 11.0 Å². The van der Waals surface area contributed by atoms with Crippen LogP contribution in [0.2, 0.25) is 0 Å². The first-order valence-corrected chi connectivity index (χ1v) is 8.12. The van der Waals surface area contributed by atoms with Crippen molar-refractivity contribution in [2.75, 3.05) is 14.1 Å². The molecular weight excluding hydrogens is 368 g/mol. The highest BCUT2D eigenvalue weighted by Gasteiger charge is 2.22. The third kappa shape index (κ3) is 3.81. The van der Waals surface area contributed by atoms with Crippen LogP contribution in [0.3, 0.4) is 0 Å². The average Bonchev–Trinajstić information content (AvgIpc) is 3.18. The Bertz CT molecular complexity index is 1240. The lowest BCUT2D eigenvalue weighted by Crippen LogP contribution is -2.10. The summed E-state index contributed by atoms with van der Waals surface area (Å²) in [5.74, 6) is -2.33. The molecule has 0 amide bonds. The quantitative estimate of drug-likeness (QED) is 0.623. The van der Waals surface area contributed by atoms with Gasteiger partial charge in [-0.25, -0.2) is 0 Å². The number of aromatic amines is 1. The number of ether oxygens (including phenoxy) is 3. The lowest BCUT2D eigenvalue weighted by Gasteiger charge is -2.12. The lowest BCUT2D eigenvalue weighted by molar-refractivity contribution is -0.0497. The van der Waals surface area contributed by atoms with E-state index in [0.717, 1.165) is 7.11 Å². The predicted molar refractivity (Wildman–Crippen MR) is 90.2 cm³/mol. The zero-order valence-corrected chi connectivity index (χ0v) is 13.8. The molecule has 1 unspecified atom stereocenters. The Labute approximate surface area is 161 Å². The van der Waals surface area contributed by atoms with Gasteiger partial charge in [0.25, 0.3) is 0 Å². The number of hydrogen-bond donors (Lipinski definition) is 1. The Hall–Kier alpha value is -2.59. The van der Waals surface area contributed by atoms with Gasteiger partial charge in [-0.15, -0.1) is 0 Å². The summed E-state index contributed by atoms with van der Waals surface area (Å²) in [6.45, 7) is -3.34. The molecule has 0 radical (unpaired) electrons. The maximum Gasteiger partial charge on any atom is 0.387 e. The minimum Gasteiger partial charge on any atom is -0.609 e. The Morgan fingerprint density at radius 2 is 2.23 bits per heavy atom. The predicted octanol–water partition coefficient (Wildman–Crippen LogP) is 2.88. The molecule has 26 heavy (non-hydrogen) atoms. The van der Waals surface area contributed by atoms with E-state index >= 15 is 0 Å². The van der Waals surface area contributed by atoms with Crippen molar-refractivity contribution in [1.82, 2.24) is 15.0 Å². The molecule has 0 aliphatic rings. The molecule has 0 aliphatic carbocycles. The van der Waals surface area contributed by atoms with Gasteiger partial charge in [0.05, 0.1) is 36.1 Å². The molecule has 3 rings (SSSR count). The first kappa shape index (κ1) is 10.5. The van der Waals surface area contributed by atoms with Crippen LogP contribution in [0.4, 0.5) is 8.78 Å². The topological polar surface area (TPSA) is 92.3 Å². The second kappa shape index (κ2) is 7.75. The van der Waals surface area contributed by atoms with Crippen LogP contribution in [0.15, 0.2) is 35.5 Å². The van der Waals surface area contributed by atoms with Crippen molar-refractivity contribution in [1.29, 1.82) is 0 Å². The Kier molecular flexibility index (Phi) is 3.14. The van der Waals surface area contributed by atoms with E-state index in [1.54, 1.807) is 0 Å². The van der Waals surface area contributed by atoms with E-state index in [1.165, 1.54) is 0 Å². The molecule has 1 N–H and O–H groups in total. The molecule has 0 fully saturated rings. The molecule has 3 aromatic rings. The number of rotatable bonds is 7. The molecular formula is C16H15F2N3O4S. The zero-order chi connectivity index (χ0) is 25.5. The van der Waals surface area contributed by atoms with Crippen molar-refractivity contribution >= 4 is 22.2 Å². The number of methoxy groups -OCH3 is 2. The van der Waals surface area contributed by atoms with Crippen molar-refractivity contribution in [2.45, 2.75) is 17.5 Å². The van der Waals surface area contributed by atoms with E-state index in [4.69, 9.17) is 20.4 Å². The summed E-state index contributed by atoms with van der Waals surface area (Å²) < 4.78 is 113. The third-order valence-electron chi connectivity index (χ3n) is 3.04. The molecule has 1 atom stereocenters. The van der Waals surface area contributed by atoms with E-state index in [-0.39, 0.29) is 27.6 Å². The molecule has 1 aromatic carbocycles. The number of benzene rings is 1. The van der Waals surface area contributed by atoms with Crippen molar-refractivity contribution in [3.05, 3.63) is 36.0 Å². The summed E-state index contributed by atoms with van der Waals surface area (Å²) in [5, 5.41) is -0.325. The standard InChI is InChI=1S/C16H15F2N3O4S/c1-23-13-5-6-19-12(14(13)24-2)8-26(22)16-20-10-4-3-9(25-15(17)18)7-11(10)21-16/h3-7,15H,8H2,1-2H3,(H,20,21)/i1D3,3D,4D,5D,6D,7D. The smallest absolute Gasteiger partial charge is 0.387 e. The summed E-state index contributed by atoms with van der Waals surface area (Å²) in [4.78, 5) is 10.2. The minimum absolute atomic E-state index is 0.207. The highest BCUT2D eigenvalue weighted by Crippen LogP contribution is 2.31. The molecule has 0 spiro atoms. The van der Waals surface area contributed by atoms with Crippen molar-refractivity contribution < 1.29 is 38.5 Å². The SMILES string of the molecule is [2H]c1nc(C[S+]([O-])c2nc3c([2H])c([2H])c(OC(F)F)c([2H])c3[nH]2)c(OC)c(OC([2H])([2H])[2H])c1[2H]. The van der Waals surface area contributed by atoms with Gasteiger partial charge in [-0.3, -0.25) is 9.97 Å². The van der Waals surface area contributed by atoms with Crippen LogP contribution in [-0.4, -0.2) is 40.3 Å². The molecule has 138 valence electrons. The number of pyridine rings is 1. The van der Waals surface area contributed by atoms with Gasteiger partial charge in [0.1, 0.15) is 11.4 Å². The fraction of sp³-hybridized carbons (Fsp3) is 0.250. The number of halogens is 2.